The van der Waals surface area contributed by atoms with Gasteiger partial charge in [0, 0.05) is 6.04 Å². The van der Waals surface area contributed by atoms with Gasteiger partial charge in [-0.15, -0.1) is 0 Å². The van der Waals surface area contributed by atoms with Crippen LogP contribution in [0.15, 0.2) is 88.7 Å². The van der Waals surface area contributed by atoms with Gasteiger partial charge >= 0.3 is 0 Å². The monoisotopic (exact) mass is 544 g/mol. The van der Waals surface area contributed by atoms with Gasteiger partial charge in [0.25, 0.3) is 5.91 Å². The van der Waals surface area contributed by atoms with Crippen LogP contribution in [0.25, 0.3) is 22.2 Å². The fourth-order valence-electron chi connectivity index (χ4n) is 5.24. The van der Waals surface area contributed by atoms with Crippen molar-refractivity contribution < 1.29 is 13.2 Å². The number of fused-ring (bicyclic) bond motifs is 2. The molecule has 1 N–H and O–H groups in total. The van der Waals surface area contributed by atoms with E-state index in [9.17, 15) is 13.2 Å². The predicted octanol–water partition coefficient (Wildman–Crippen LogP) is 6.83. The maximum atomic E-state index is 14.2. The molecule has 0 radical (unpaired) electrons. The number of benzene rings is 3. The Labute approximate surface area is 225 Å². The average molecular weight is 545 g/mol. The Balaban J connectivity index is 1.68. The van der Waals surface area contributed by atoms with Gasteiger partial charge in [-0.1, -0.05) is 73.3 Å². The van der Waals surface area contributed by atoms with E-state index in [-0.39, 0.29) is 37.8 Å². The average Bonchev–Trinajstić information content (AvgIpc) is 3.25. The SMILES string of the molecule is O=C(Nc1c(S(=O)(=O)c2ccccc2)c2nc3ccccc3nc2n1C1CCCCC1)c1ccccc1Cl. The van der Waals surface area contributed by atoms with Crippen molar-refractivity contribution in [2.24, 2.45) is 0 Å². The number of para-hydroxylation sites is 2. The summed E-state index contributed by atoms with van der Waals surface area (Å²) in [4.78, 5) is 23.3. The molecule has 1 amide bonds. The van der Waals surface area contributed by atoms with Crippen LogP contribution >= 0.6 is 11.6 Å². The standard InChI is InChI=1S/C29H25ClN4O3S/c30-22-16-8-7-15-21(22)29(35)33-28-26(38(36,37)20-13-5-2-6-14-20)25-27(34(28)19-11-3-1-4-12-19)32-24-18-10-9-17-23(24)31-25/h2,5-10,13-19H,1,3-4,11-12H2,(H,33,35). The van der Waals surface area contributed by atoms with E-state index in [0.717, 1.165) is 32.1 Å². The van der Waals surface area contributed by atoms with Crippen molar-refractivity contribution in [1.82, 2.24) is 14.5 Å². The maximum Gasteiger partial charge on any atom is 0.258 e. The van der Waals surface area contributed by atoms with Gasteiger partial charge < -0.3 is 9.88 Å². The lowest BCUT2D eigenvalue weighted by molar-refractivity contribution is 0.102. The summed E-state index contributed by atoms with van der Waals surface area (Å²) >= 11 is 6.34. The molecule has 3 aromatic carbocycles. The first-order valence-electron chi connectivity index (χ1n) is 12.6. The molecule has 0 saturated heterocycles. The largest absolute Gasteiger partial charge is 0.307 e. The molecule has 0 unspecified atom stereocenters. The van der Waals surface area contributed by atoms with Crippen molar-refractivity contribution in [2.45, 2.75) is 47.9 Å². The second-order valence-electron chi connectivity index (χ2n) is 9.47. The van der Waals surface area contributed by atoms with Crippen molar-refractivity contribution in [1.29, 1.82) is 0 Å². The molecule has 6 rings (SSSR count). The second-order valence-corrected chi connectivity index (χ2v) is 11.8. The minimum absolute atomic E-state index is 0.0389. The molecule has 192 valence electrons. The molecule has 7 nitrogen and oxygen atoms in total. The summed E-state index contributed by atoms with van der Waals surface area (Å²) in [6.45, 7) is 0. The molecule has 0 aliphatic heterocycles. The van der Waals surface area contributed by atoms with Gasteiger partial charge in [-0.05, 0) is 49.2 Å². The molecule has 1 saturated carbocycles. The predicted molar refractivity (Wildman–Crippen MR) is 148 cm³/mol. The molecule has 38 heavy (non-hydrogen) atoms. The highest BCUT2D eigenvalue weighted by Gasteiger charge is 2.35. The smallest absolute Gasteiger partial charge is 0.258 e. The Morgan fingerprint density at radius 3 is 2.18 bits per heavy atom. The minimum atomic E-state index is -4.09. The van der Waals surface area contributed by atoms with Crippen LogP contribution in [0.4, 0.5) is 5.82 Å². The first-order valence-corrected chi connectivity index (χ1v) is 14.5. The summed E-state index contributed by atoms with van der Waals surface area (Å²) in [5, 5.41) is 3.21. The van der Waals surface area contributed by atoms with Crippen LogP contribution < -0.4 is 5.32 Å². The molecule has 5 aromatic rings. The van der Waals surface area contributed by atoms with Crippen LogP contribution in [-0.2, 0) is 9.84 Å². The Bertz CT molecular complexity index is 1780. The zero-order chi connectivity index (χ0) is 26.3. The van der Waals surface area contributed by atoms with E-state index in [4.69, 9.17) is 21.6 Å². The van der Waals surface area contributed by atoms with E-state index < -0.39 is 15.7 Å². The molecule has 1 fully saturated rings. The summed E-state index contributed by atoms with van der Waals surface area (Å²) in [6.07, 6.45) is 4.81. The van der Waals surface area contributed by atoms with Gasteiger partial charge in [0.05, 0.1) is 26.5 Å². The lowest BCUT2D eigenvalue weighted by Crippen LogP contribution is -2.21. The summed E-state index contributed by atoms with van der Waals surface area (Å²) in [5.74, 6) is -0.319. The van der Waals surface area contributed by atoms with Gasteiger partial charge in [0.15, 0.2) is 5.65 Å². The number of sulfone groups is 1. The third-order valence-corrected chi connectivity index (χ3v) is 9.21. The summed E-state index contributed by atoms with van der Waals surface area (Å²) in [5.41, 5.74) is 2.17. The fraction of sp³-hybridized carbons (Fsp3) is 0.207. The molecule has 1 aliphatic rings. The topological polar surface area (TPSA) is 93.9 Å². The normalized spacial score (nSPS) is 14.7. The molecule has 2 aromatic heterocycles. The number of amides is 1. The molecule has 9 heteroatoms. The number of nitrogens with zero attached hydrogens (tertiary/aromatic N) is 3. The van der Waals surface area contributed by atoms with Gasteiger partial charge in [0.2, 0.25) is 9.84 Å². The molecule has 0 atom stereocenters. The second kappa shape index (κ2) is 9.85. The molecular weight excluding hydrogens is 520 g/mol. The lowest BCUT2D eigenvalue weighted by atomic mass is 9.95. The Morgan fingerprint density at radius 1 is 0.842 bits per heavy atom. The molecular formula is C29H25ClN4O3S. The highest BCUT2D eigenvalue weighted by atomic mass is 35.5. The number of aromatic nitrogens is 3. The third-order valence-electron chi connectivity index (χ3n) is 7.06. The van der Waals surface area contributed by atoms with Crippen molar-refractivity contribution in [3.63, 3.8) is 0 Å². The number of carbonyl (C=O) groups excluding carboxylic acids is 1. The van der Waals surface area contributed by atoms with E-state index in [1.165, 1.54) is 0 Å². The van der Waals surface area contributed by atoms with E-state index in [1.54, 1.807) is 60.7 Å². The van der Waals surface area contributed by atoms with Crippen molar-refractivity contribution in [3.05, 3.63) is 89.4 Å². The number of anilines is 1. The van der Waals surface area contributed by atoms with Crippen LogP contribution in [0.3, 0.4) is 0 Å². The summed E-state index contributed by atoms with van der Waals surface area (Å²) in [7, 11) is -4.09. The van der Waals surface area contributed by atoms with Crippen LogP contribution in [-0.4, -0.2) is 28.9 Å². The Morgan fingerprint density at radius 2 is 1.47 bits per heavy atom. The van der Waals surface area contributed by atoms with Gasteiger partial charge in [0.1, 0.15) is 16.2 Å². The maximum absolute atomic E-state index is 14.2. The van der Waals surface area contributed by atoms with Gasteiger partial charge in [-0.3, -0.25) is 4.79 Å². The van der Waals surface area contributed by atoms with E-state index in [2.05, 4.69) is 5.32 Å². The number of halogens is 1. The molecule has 0 bridgehead atoms. The third kappa shape index (κ3) is 4.23. The number of nitrogens with one attached hydrogen (secondary N) is 1. The highest BCUT2D eigenvalue weighted by molar-refractivity contribution is 7.92. The lowest BCUT2D eigenvalue weighted by Gasteiger charge is -2.26. The summed E-state index contributed by atoms with van der Waals surface area (Å²) < 4.78 is 30.3. The summed E-state index contributed by atoms with van der Waals surface area (Å²) in [6, 6.07) is 22.2. The van der Waals surface area contributed by atoms with Crippen molar-refractivity contribution >= 4 is 55.4 Å². The van der Waals surface area contributed by atoms with E-state index in [0.29, 0.717) is 16.7 Å². The number of hydrogen-bond acceptors (Lipinski definition) is 5. The fourth-order valence-corrected chi connectivity index (χ4v) is 7.01. The number of rotatable bonds is 5. The number of carbonyl (C=O) groups is 1. The molecule has 2 heterocycles. The highest BCUT2D eigenvalue weighted by Crippen LogP contribution is 2.42. The van der Waals surface area contributed by atoms with Crippen LogP contribution in [0.2, 0.25) is 5.02 Å². The zero-order valence-corrected chi connectivity index (χ0v) is 22.0. The van der Waals surface area contributed by atoms with Crippen molar-refractivity contribution in [2.75, 3.05) is 5.32 Å². The van der Waals surface area contributed by atoms with E-state index >= 15 is 0 Å². The zero-order valence-electron chi connectivity index (χ0n) is 20.5. The van der Waals surface area contributed by atoms with Crippen molar-refractivity contribution in [3.8, 4) is 0 Å². The van der Waals surface area contributed by atoms with E-state index in [1.807, 2.05) is 22.8 Å². The van der Waals surface area contributed by atoms with Gasteiger partial charge in [-0.25, -0.2) is 18.4 Å². The molecule has 1 aliphatic carbocycles. The van der Waals surface area contributed by atoms with Crippen LogP contribution in [0.5, 0.6) is 0 Å². The van der Waals surface area contributed by atoms with Crippen LogP contribution in [0, 0.1) is 0 Å². The first kappa shape index (κ1) is 24.6. The number of hydrogen-bond donors (Lipinski definition) is 1. The molecule has 0 spiro atoms. The quantitative estimate of drug-likeness (QED) is 0.262. The van der Waals surface area contributed by atoms with Gasteiger partial charge in [-0.2, -0.15) is 0 Å². The first-order chi connectivity index (χ1) is 18.4. The minimum Gasteiger partial charge on any atom is -0.307 e. The Kier molecular flexibility index (Phi) is 6.37. The van der Waals surface area contributed by atoms with Crippen LogP contribution in [0.1, 0.15) is 48.5 Å². The Hall–Kier alpha value is -3.75.